The van der Waals surface area contributed by atoms with Crippen LogP contribution in [0.15, 0.2) is 0 Å². The molecule has 17 heavy (non-hydrogen) atoms. The van der Waals surface area contributed by atoms with E-state index < -0.39 is 12.0 Å². The van der Waals surface area contributed by atoms with E-state index in [0.29, 0.717) is 6.42 Å². The van der Waals surface area contributed by atoms with Gasteiger partial charge in [-0.1, -0.05) is 39.0 Å². The monoisotopic (exact) mass is 261 g/mol. The van der Waals surface area contributed by atoms with E-state index >= 15 is 0 Å². The van der Waals surface area contributed by atoms with Crippen molar-refractivity contribution in [1.82, 2.24) is 5.32 Å². The van der Waals surface area contributed by atoms with Gasteiger partial charge in [-0.3, -0.25) is 4.79 Å². The molecule has 1 atom stereocenters. The van der Waals surface area contributed by atoms with E-state index in [9.17, 15) is 9.59 Å². The van der Waals surface area contributed by atoms with Crippen molar-refractivity contribution in [3.05, 3.63) is 0 Å². The van der Waals surface area contributed by atoms with Gasteiger partial charge in [-0.05, 0) is 6.42 Å². The average Bonchev–Trinajstić information content (AvgIpc) is 2.30. The van der Waals surface area contributed by atoms with E-state index in [-0.39, 0.29) is 11.7 Å². The van der Waals surface area contributed by atoms with Crippen molar-refractivity contribution in [3.63, 3.8) is 0 Å². The van der Waals surface area contributed by atoms with Gasteiger partial charge in [0.05, 0.1) is 0 Å². The van der Waals surface area contributed by atoms with E-state index in [1.54, 1.807) is 0 Å². The van der Waals surface area contributed by atoms with Gasteiger partial charge in [0.2, 0.25) is 5.91 Å². The normalized spacial score (nSPS) is 12.1. The minimum atomic E-state index is -1.03. The first-order valence-corrected chi connectivity index (χ1v) is 6.88. The molecule has 5 heteroatoms. The summed E-state index contributed by atoms with van der Waals surface area (Å²) < 4.78 is 0. The number of thiol groups is 1. The number of carbonyl (C=O) groups is 2. The molecule has 0 aliphatic carbocycles. The summed E-state index contributed by atoms with van der Waals surface area (Å²) in [5, 5.41) is 11.2. The van der Waals surface area contributed by atoms with Crippen molar-refractivity contribution in [2.75, 3.05) is 5.75 Å². The number of carboxylic acid groups (broad SMARTS) is 1. The molecule has 0 radical (unpaired) electrons. The third-order valence-electron chi connectivity index (χ3n) is 2.57. The zero-order valence-electron chi connectivity index (χ0n) is 10.4. The van der Waals surface area contributed by atoms with Crippen molar-refractivity contribution in [2.24, 2.45) is 0 Å². The smallest absolute Gasteiger partial charge is 0.327 e. The molecule has 0 fully saturated rings. The molecule has 4 nitrogen and oxygen atoms in total. The van der Waals surface area contributed by atoms with E-state index in [1.807, 2.05) is 0 Å². The number of hydrogen-bond donors (Lipinski definition) is 3. The summed E-state index contributed by atoms with van der Waals surface area (Å²) in [6.45, 7) is 2.16. The lowest BCUT2D eigenvalue weighted by molar-refractivity contribution is -0.141. The van der Waals surface area contributed by atoms with Gasteiger partial charge in [-0.25, -0.2) is 4.79 Å². The molecule has 0 saturated heterocycles. The van der Waals surface area contributed by atoms with Crippen molar-refractivity contribution < 1.29 is 14.7 Å². The molecule has 0 aliphatic heterocycles. The Morgan fingerprint density at radius 1 is 1.18 bits per heavy atom. The Morgan fingerprint density at radius 3 is 2.29 bits per heavy atom. The quantitative estimate of drug-likeness (QED) is 0.417. The van der Waals surface area contributed by atoms with Crippen LogP contribution >= 0.6 is 12.6 Å². The molecule has 1 unspecified atom stereocenters. The standard InChI is InChI=1S/C12H23NO3S/c1-2-3-4-5-6-7-8-11(14)13-10(9-17)12(15)16/h10,17H,2-9H2,1H3,(H,13,14)(H,15,16). The first kappa shape index (κ1) is 16.3. The third-order valence-corrected chi connectivity index (χ3v) is 2.94. The van der Waals surface area contributed by atoms with Crippen LogP contribution in [-0.4, -0.2) is 28.8 Å². The SMILES string of the molecule is CCCCCCCCC(=O)NC(CS)C(=O)O. The van der Waals surface area contributed by atoms with E-state index in [2.05, 4.69) is 24.9 Å². The fraction of sp³-hybridized carbons (Fsp3) is 0.833. The molecular formula is C12H23NO3S. The molecular weight excluding hydrogens is 238 g/mol. The molecule has 0 saturated carbocycles. The maximum Gasteiger partial charge on any atom is 0.327 e. The summed E-state index contributed by atoms with van der Waals surface area (Å²) >= 11 is 3.88. The number of amides is 1. The lowest BCUT2D eigenvalue weighted by Gasteiger charge is -2.11. The molecule has 0 spiro atoms. The first-order valence-electron chi connectivity index (χ1n) is 6.24. The van der Waals surface area contributed by atoms with Crippen LogP contribution in [0.2, 0.25) is 0 Å². The van der Waals surface area contributed by atoms with Gasteiger partial charge in [0.15, 0.2) is 0 Å². The fourth-order valence-electron chi connectivity index (χ4n) is 1.52. The average molecular weight is 261 g/mol. The number of carbonyl (C=O) groups excluding carboxylic acids is 1. The number of unbranched alkanes of at least 4 members (excludes halogenated alkanes) is 5. The Hall–Kier alpha value is -0.710. The van der Waals surface area contributed by atoms with Crippen LogP contribution < -0.4 is 5.32 Å². The lowest BCUT2D eigenvalue weighted by Crippen LogP contribution is -2.42. The highest BCUT2D eigenvalue weighted by Gasteiger charge is 2.17. The topological polar surface area (TPSA) is 66.4 Å². The highest BCUT2D eigenvalue weighted by atomic mass is 32.1. The minimum absolute atomic E-state index is 0.123. The summed E-state index contributed by atoms with van der Waals surface area (Å²) in [6.07, 6.45) is 7.09. The molecule has 0 aromatic rings. The summed E-state index contributed by atoms with van der Waals surface area (Å²) in [7, 11) is 0. The molecule has 0 aliphatic rings. The Balaban J connectivity index is 3.55. The second-order valence-electron chi connectivity index (χ2n) is 4.16. The number of rotatable bonds is 10. The van der Waals surface area contributed by atoms with E-state index in [4.69, 9.17) is 5.11 Å². The van der Waals surface area contributed by atoms with E-state index in [1.165, 1.54) is 19.3 Å². The molecule has 0 rings (SSSR count). The predicted molar refractivity (Wildman–Crippen MR) is 71.4 cm³/mol. The van der Waals surface area contributed by atoms with Crippen LogP contribution in [0.4, 0.5) is 0 Å². The van der Waals surface area contributed by atoms with Crippen LogP contribution in [0.25, 0.3) is 0 Å². The van der Waals surface area contributed by atoms with Crippen molar-refractivity contribution in [3.8, 4) is 0 Å². The molecule has 0 aromatic heterocycles. The second-order valence-corrected chi connectivity index (χ2v) is 4.52. The Kier molecular flexibility index (Phi) is 10.0. The largest absolute Gasteiger partial charge is 0.480 e. The third kappa shape index (κ3) is 9.03. The van der Waals surface area contributed by atoms with Gasteiger partial charge in [0, 0.05) is 12.2 Å². The Labute approximate surface area is 109 Å². The van der Waals surface area contributed by atoms with Gasteiger partial charge in [0.1, 0.15) is 6.04 Å². The highest BCUT2D eigenvalue weighted by molar-refractivity contribution is 7.80. The summed E-state index contributed by atoms with van der Waals surface area (Å²) in [5.41, 5.74) is 0. The summed E-state index contributed by atoms with van der Waals surface area (Å²) in [5.74, 6) is -1.10. The van der Waals surface area contributed by atoms with Gasteiger partial charge < -0.3 is 10.4 Å². The number of aliphatic carboxylic acids is 1. The van der Waals surface area contributed by atoms with E-state index in [0.717, 1.165) is 19.3 Å². The fourth-order valence-corrected chi connectivity index (χ4v) is 1.77. The zero-order valence-corrected chi connectivity index (χ0v) is 11.3. The maximum absolute atomic E-state index is 11.4. The van der Waals surface area contributed by atoms with Crippen molar-refractivity contribution in [2.45, 2.75) is 57.9 Å². The molecule has 0 aromatic carbocycles. The first-order chi connectivity index (χ1) is 8.11. The van der Waals surface area contributed by atoms with Gasteiger partial charge in [-0.2, -0.15) is 12.6 Å². The molecule has 0 bridgehead atoms. The van der Waals surface area contributed by atoms with Crippen molar-refractivity contribution >= 4 is 24.5 Å². The predicted octanol–water partition coefficient (Wildman–Crippen LogP) is 2.24. The van der Waals surface area contributed by atoms with Crippen LogP contribution in [0.1, 0.15) is 51.9 Å². The van der Waals surface area contributed by atoms with Crippen LogP contribution in [0.5, 0.6) is 0 Å². The number of nitrogens with one attached hydrogen (secondary N) is 1. The molecule has 1 amide bonds. The van der Waals surface area contributed by atoms with Gasteiger partial charge >= 0.3 is 5.97 Å². The molecule has 0 heterocycles. The zero-order chi connectivity index (χ0) is 13.1. The Morgan fingerprint density at radius 2 is 1.76 bits per heavy atom. The second kappa shape index (κ2) is 10.4. The van der Waals surface area contributed by atoms with Gasteiger partial charge in [-0.15, -0.1) is 0 Å². The van der Waals surface area contributed by atoms with Gasteiger partial charge in [0.25, 0.3) is 0 Å². The van der Waals surface area contributed by atoms with Crippen LogP contribution in [-0.2, 0) is 9.59 Å². The maximum atomic E-state index is 11.4. The minimum Gasteiger partial charge on any atom is -0.480 e. The Bertz CT molecular complexity index is 234. The lowest BCUT2D eigenvalue weighted by atomic mass is 10.1. The number of hydrogen-bond acceptors (Lipinski definition) is 3. The molecule has 2 N–H and O–H groups in total. The van der Waals surface area contributed by atoms with Crippen LogP contribution in [0.3, 0.4) is 0 Å². The van der Waals surface area contributed by atoms with Crippen molar-refractivity contribution in [1.29, 1.82) is 0 Å². The molecule has 100 valence electrons. The van der Waals surface area contributed by atoms with Crippen LogP contribution in [0, 0.1) is 0 Å². The summed E-state index contributed by atoms with van der Waals surface area (Å²) in [4.78, 5) is 22.0. The number of carboxylic acids is 1. The highest BCUT2D eigenvalue weighted by Crippen LogP contribution is 2.06. The summed E-state index contributed by atoms with van der Waals surface area (Å²) in [6, 6.07) is -0.870.